The molecule has 1 aromatic carbocycles. The molecule has 0 atom stereocenters. The average molecular weight is 287 g/mol. The number of ether oxygens (including phenoxy) is 2. The third-order valence-electron chi connectivity index (χ3n) is 3.05. The van der Waals surface area contributed by atoms with E-state index in [1.807, 2.05) is 13.8 Å². The maximum absolute atomic E-state index is 12.3. The number of anilines is 1. The number of sulfone groups is 1. The lowest BCUT2D eigenvalue weighted by Gasteiger charge is -2.22. The number of hydrogen-bond acceptors (Lipinski definition) is 5. The number of methoxy groups -OCH3 is 2. The third-order valence-corrected chi connectivity index (χ3v) is 4.80. The van der Waals surface area contributed by atoms with Gasteiger partial charge in [-0.2, -0.15) is 0 Å². The Bertz CT molecular complexity index is 538. The molecule has 0 aromatic heterocycles. The molecule has 0 amide bonds. The van der Waals surface area contributed by atoms with Crippen LogP contribution < -0.4 is 10.5 Å². The van der Waals surface area contributed by atoms with Crippen molar-refractivity contribution in [1.29, 1.82) is 0 Å². The van der Waals surface area contributed by atoms with Gasteiger partial charge in [0.05, 0.1) is 18.5 Å². The van der Waals surface area contributed by atoms with E-state index < -0.39 is 15.4 Å². The monoisotopic (exact) mass is 287 g/mol. The third kappa shape index (κ3) is 4.11. The standard InChI is InChI=1S/C13H21NO4S/c1-13(2,18-4)7-8-19(15,16)12-6-5-10(14)9-11(12)17-3/h5-6,9H,7-8,14H2,1-4H3. The van der Waals surface area contributed by atoms with Crippen molar-refractivity contribution in [2.75, 3.05) is 25.7 Å². The smallest absolute Gasteiger partial charge is 0.182 e. The maximum Gasteiger partial charge on any atom is 0.182 e. The Hall–Kier alpha value is -1.27. The Morgan fingerprint density at radius 2 is 1.89 bits per heavy atom. The molecule has 19 heavy (non-hydrogen) atoms. The van der Waals surface area contributed by atoms with Gasteiger partial charge in [-0.3, -0.25) is 0 Å². The van der Waals surface area contributed by atoms with E-state index in [1.54, 1.807) is 13.2 Å². The summed E-state index contributed by atoms with van der Waals surface area (Å²) in [5.74, 6) is 0.268. The molecule has 0 aliphatic rings. The summed E-state index contributed by atoms with van der Waals surface area (Å²) < 4.78 is 34.9. The van der Waals surface area contributed by atoms with Crippen molar-refractivity contribution >= 4 is 15.5 Å². The van der Waals surface area contributed by atoms with Gasteiger partial charge in [-0.25, -0.2) is 8.42 Å². The summed E-state index contributed by atoms with van der Waals surface area (Å²) in [6.45, 7) is 3.70. The molecule has 0 radical (unpaired) electrons. The van der Waals surface area contributed by atoms with Gasteiger partial charge in [0.2, 0.25) is 0 Å². The Morgan fingerprint density at radius 3 is 2.42 bits per heavy atom. The maximum atomic E-state index is 12.3. The highest BCUT2D eigenvalue weighted by Gasteiger charge is 2.25. The zero-order valence-corrected chi connectivity index (χ0v) is 12.6. The van der Waals surface area contributed by atoms with E-state index in [4.69, 9.17) is 15.2 Å². The highest BCUT2D eigenvalue weighted by molar-refractivity contribution is 7.91. The van der Waals surface area contributed by atoms with Gasteiger partial charge >= 0.3 is 0 Å². The largest absolute Gasteiger partial charge is 0.495 e. The van der Waals surface area contributed by atoms with Gasteiger partial charge in [-0.05, 0) is 32.4 Å². The van der Waals surface area contributed by atoms with Crippen molar-refractivity contribution < 1.29 is 17.9 Å². The molecule has 0 unspecified atom stereocenters. The van der Waals surface area contributed by atoms with Crippen molar-refractivity contribution in [3.63, 3.8) is 0 Å². The Labute approximate surface area is 114 Å². The molecule has 0 spiro atoms. The molecule has 0 fully saturated rings. The second-order valence-electron chi connectivity index (χ2n) is 4.94. The lowest BCUT2D eigenvalue weighted by Crippen LogP contribution is -2.26. The fourth-order valence-corrected chi connectivity index (χ4v) is 3.24. The molecule has 0 bridgehead atoms. The van der Waals surface area contributed by atoms with Crippen LogP contribution in [0, 0.1) is 0 Å². The number of nitrogens with two attached hydrogens (primary N) is 1. The minimum absolute atomic E-state index is 0.00584. The topological polar surface area (TPSA) is 78.6 Å². The van der Waals surface area contributed by atoms with Crippen LogP contribution in [-0.2, 0) is 14.6 Å². The molecule has 1 rings (SSSR count). The molecule has 2 N–H and O–H groups in total. The highest BCUT2D eigenvalue weighted by Crippen LogP contribution is 2.28. The Balaban J connectivity index is 3.01. The van der Waals surface area contributed by atoms with Gasteiger partial charge in [-0.1, -0.05) is 0 Å². The van der Waals surface area contributed by atoms with E-state index in [2.05, 4.69) is 0 Å². The van der Waals surface area contributed by atoms with Crippen LogP contribution >= 0.6 is 0 Å². The van der Waals surface area contributed by atoms with Crippen LogP contribution in [-0.4, -0.2) is 34.0 Å². The molecular weight excluding hydrogens is 266 g/mol. The first-order chi connectivity index (χ1) is 8.72. The lowest BCUT2D eigenvalue weighted by molar-refractivity contribution is 0.0203. The molecule has 0 saturated carbocycles. The number of rotatable bonds is 6. The minimum atomic E-state index is -3.42. The minimum Gasteiger partial charge on any atom is -0.495 e. The molecule has 5 nitrogen and oxygen atoms in total. The predicted molar refractivity (Wildman–Crippen MR) is 75.2 cm³/mol. The van der Waals surface area contributed by atoms with E-state index in [-0.39, 0.29) is 16.4 Å². The van der Waals surface area contributed by atoms with E-state index in [1.165, 1.54) is 19.2 Å². The van der Waals surface area contributed by atoms with Crippen molar-refractivity contribution in [2.45, 2.75) is 30.8 Å². The molecule has 108 valence electrons. The summed E-state index contributed by atoms with van der Waals surface area (Å²) in [5.41, 5.74) is 5.60. The van der Waals surface area contributed by atoms with Gasteiger partial charge in [-0.15, -0.1) is 0 Å². The highest BCUT2D eigenvalue weighted by atomic mass is 32.2. The van der Waals surface area contributed by atoms with Crippen molar-refractivity contribution in [3.05, 3.63) is 18.2 Å². The summed E-state index contributed by atoms with van der Waals surface area (Å²) >= 11 is 0. The second kappa shape index (κ2) is 5.79. The first-order valence-electron chi connectivity index (χ1n) is 5.93. The van der Waals surface area contributed by atoms with Crippen molar-refractivity contribution in [3.8, 4) is 5.75 Å². The van der Waals surface area contributed by atoms with E-state index in [0.717, 1.165) is 0 Å². The van der Waals surface area contributed by atoms with Gasteiger partial charge in [0, 0.05) is 18.9 Å². The van der Waals surface area contributed by atoms with E-state index in [9.17, 15) is 8.42 Å². The number of hydrogen-bond donors (Lipinski definition) is 1. The fraction of sp³-hybridized carbons (Fsp3) is 0.538. The van der Waals surface area contributed by atoms with Crippen molar-refractivity contribution in [2.24, 2.45) is 0 Å². The summed E-state index contributed by atoms with van der Waals surface area (Å²) in [7, 11) is -0.434. The van der Waals surface area contributed by atoms with Crippen molar-refractivity contribution in [1.82, 2.24) is 0 Å². The zero-order valence-electron chi connectivity index (χ0n) is 11.8. The summed E-state index contributed by atoms with van der Waals surface area (Å²) in [6, 6.07) is 4.54. The fourth-order valence-electron chi connectivity index (χ4n) is 1.53. The van der Waals surface area contributed by atoms with Crippen LogP contribution in [0.2, 0.25) is 0 Å². The SMILES string of the molecule is COc1cc(N)ccc1S(=O)(=O)CCC(C)(C)OC. The first kappa shape index (κ1) is 15.8. The predicted octanol–water partition coefficient (Wildman–Crippen LogP) is 1.87. The molecule has 0 aliphatic carbocycles. The normalized spacial score (nSPS) is 12.4. The van der Waals surface area contributed by atoms with Crippen LogP contribution in [0.1, 0.15) is 20.3 Å². The quantitative estimate of drug-likeness (QED) is 0.808. The zero-order chi connectivity index (χ0) is 14.7. The van der Waals surface area contributed by atoms with E-state index >= 15 is 0 Å². The molecule has 6 heteroatoms. The summed E-state index contributed by atoms with van der Waals surface area (Å²) in [6.07, 6.45) is 0.402. The second-order valence-corrected chi connectivity index (χ2v) is 7.02. The van der Waals surface area contributed by atoms with Gasteiger partial charge in [0.15, 0.2) is 9.84 Å². The number of nitrogen functional groups attached to an aromatic ring is 1. The average Bonchev–Trinajstić information content (AvgIpc) is 2.36. The van der Waals surface area contributed by atoms with E-state index in [0.29, 0.717) is 12.1 Å². The van der Waals surface area contributed by atoms with Crippen LogP contribution in [0.3, 0.4) is 0 Å². The van der Waals surface area contributed by atoms with Crippen LogP contribution in [0.15, 0.2) is 23.1 Å². The molecule has 1 aromatic rings. The molecular formula is C13H21NO4S. The molecule has 0 saturated heterocycles. The van der Waals surface area contributed by atoms with Crippen LogP contribution in [0.25, 0.3) is 0 Å². The van der Waals surface area contributed by atoms with Gasteiger partial charge in [0.1, 0.15) is 10.6 Å². The molecule has 0 aliphatic heterocycles. The summed E-state index contributed by atoms with van der Waals surface area (Å²) in [4.78, 5) is 0.163. The van der Waals surface area contributed by atoms with Crippen LogP contribution in [0.4, 0.5) is 5.69 Å². The lowest BCUT2D eigenvalue weighted by atomic mass is 10.1. The molecule has 0 heterocycles. The van der Waals surface area contributed by atoms with Gasteiger partial charge in [0.25, 0.3) is 0 Å². The Morgan fingerprint density at radius 1 is 1.26 bits per heavy atom. The number of benzene rings is 1. The summed E-state index contributed by atoms with van der Waals surface area (Å²) in [5, 5.41) is 0. The Kier molecular flexibility index (Phi) is 4.81. The van der Waals surface area contributed by atoms with Crippen LogP contribution in [0.5, 0.6) is 5.75 Å². The van der Waals surface area contributed by atoms with Gasteiger partial charge < -0.3 is 15.2 Å². The first-order valence-corrected chi connectivity index (χ1v) is 7.58.